The average Bonchev–Trinajstić information content (AvgIpc) is 2.60. The molecule has 0 N–H and O–H groups in total. The summed E-state index contributed by atoms with van der Waals surface area (Å²) < 4.78 is 0. The number of carboxylic acid groups (broad SMARTS) is 2. The Labute approximate surface area is 112 Å². The van der Waals surface area contributed by atoms with Crippen molar-refractivity contribution in [2.24, 2.45) is 23.7 Å². The zero-order valence-electron chi connectivity index (χ0n) is 7.77. The van der Waals surface area contributed by atoms with E-state index in [0.717, 1.165) is 19.3 Å². The summed E-state index contributed by atoms with van der Waals surface area (Å²) in [4.78, 5) is 21.4. The van der Waals surface area contributed by atoms with E-state index in [0.29, 0.717) is 0 Å². The van der Waals surface area contributed by atoms with Gasteiger partial charge in [-0.3, -0.25) is 0 Å². The van der Waals surface area contributed by atoms with Crippen LogP contribution in [0.5, 0.6) is 0 Å². The maximum atomic E-state index is 10.7. The number of rotatable bonds is 2. The monoisotopic (exact) mass is 222 g/mol. The van der Waals surface area contributed by atoms with E-state index >= 15 is 0 Å². The molecule has 5 heteroatoms. The van der Waals surface area contributed by atoms with Crippen LogP contribution < -0.4 is 10.2 Å². The van der Waals surface area contributed by atoms with Gasteiger partial charge in [-0.05, 0) is 31.1 Å². The number of hydrogen-bond acceptors (Lipinski definition) is 4. The van der Waals surface area contributed by atoms with Gasteiger partial charge < -0.3 is 19.8 Å². The molecule has 4 nitrogen and oxygen atoms in total. The van der Waals surface area contributed by atoms with E-state index < -0.39 is 23.8 Å². The summed E-state index contributed by atoms with van der Waals surface area (Å²) in [5, 5.41) is 21.4. The van der Waals surface area contributed by atoms with Crippen LogP contribution in [0.25, 0.3) is 0 Å². The first-order valence-corrected chi connectivity index (χ1v) is 4.53. The SMILES string of the molecule is O=C([O-])C1C2CCC(C2)C1C(=O)[O-].[Ca+2]. The van der Waals surface area contributed by atoms with Crippen LogP contribution in [0.1, 0.15) is 19.3 Å². The summed E-state index contributed by atoms with van der Waals surface area (Å²) in [6, 6.07) is 0. The summed E-state index contributed by atoms with van der Waals surface area (Å²) in [5.74, 6) is -4.02. The minimum atomic E-state index is -1.22. The summed E-state index contributed by atoms with van der Waals surface area (Å²) in [6.45, 7) is 0. The maximum absolute atomic E-state index is 10.7. The Bertz CT molecular complexity index is 240. The first-order chi connectivity index (χ1) is 6.11. The third kappa shape index (κ3) is 1.79. The van der Waals surface area contributed by atoms with Crippen LogP contribution in [0.4, 0.5) is 0 Å². The number of fused-ring (bicyclic) bond motifs is 2. The van der Waals surface area contributed by atoms with Crippen molar-refractivity contribution in [3.8, 4) is 0 Å². The molecule has 2 rings (SSSR count). The molecule has 14 heavy (non-hydrogen) atoms. The number of aliphatic carboxylic acids is 2. The van der Waals surface area contributed by atoms with Crippen molar-refractivity contribution in [3.63, 3.8) is 0 Å². The minimum absolute atomic E-state index is 0. The molecule has 0 aromatic rings. The molecule has 2 bridgehead atoms. The second-order valence-electron chi connectivity index (χ2n) is 4.02. The zero-order valence-corrected chi connectivity index (χ0v) is 9.98. The largest absolute Gasteiger partial charge is 2.00 e. The van der Waals surface area contributed by atoms with E-state index in [1.165, 1.54) is 0 Å². The van der Waals surface area contributed by atoms with E-state index in [-0.39, 0.29) is 49.6 Å². The molecular formula is C9H10CaO4. The van der Waals surface area contributed by atoms with Crippen LogP contribution in [-0.2, 0) is 9.59 Å². The van der Waals surface area contributed by atoms with Gasteiger partial charge in [0.25, 0.3) is 0 Å². The van der Waals surface area contributed by atoms with E-state index in [1.54, 1.807) is 0 Å². The van der Waals surface area contributed by atoms with Gasteiger partial charge in [-0.25, -0.2) is 0 Å². The van der Waals surface area contributed by atoms with Crippen molar-refractivity contribution in [1.29, 1.82) is 0 Å². The summed E-state index contributed by atoms with van der Waals surface area (Å²) in [5.41, 5.74) is 0. The van der Waals surface area contributed by atoms with Gasteiger partial charge in [0.15, 0.2) is 0 Å². The fourth-order valence-electron chi connectivity index (χ4n) is 2.97. The Morgan fingerprint density at radius 1 is 0.929 bits per heavy atom. The molecule has 0 aromatic carbocycles. The molecule has 2 fully saturated rings. The van der Waals surface area contributed by atoms with Crippen molar-refractivity contribution in [1.82, 2.24) is 0 Å². The van der Waals surface area contributed by atoms with Gasteiger partial charge in [0, 0.05) is 23.8 Å². The van der Waals surface area contributed by atoms with E-state index in [1.807, 2.05) is 0 Å². The molecule has 0 saturated heterocycles. The molecule has 0 heterocycles. The van der Waals surface area contributed by atoms with Crippen LogP contribution in [0.3, 0.4) is 0 Å². The van der Waals surface area contributed by atoms with Gasteiger partial charge in [0.05, 0.1) is 0 Å². The van der Waals surface area contributed by atoms with Gasteiger partial charge in [-0.15, -0.1) is 0 Å². The Hall–Kier alpha value is 0.200. The standard InChI is InChI=1S/C9H12O4.Ca/c10-8(11)6-4-1-2-5(3-4)7(6)9(12)13;/h4-7H,1-3H2,(H,10,11)(H,12,13);/q;+2/p-2. The summed E-state index contributed by atoms with van der Waals surface area (Å²) in [6.07, 6.45) is 2.37. The van der Waals surface area contributed by atoms with Crippen molar-refractivity contribution in [3.05, 3.63) is 0 Å². The predicted molar refractivity (Wildman–Crippen MR) is 43.6 cm³/mol. The first kappa shape index (κ1) is 12.3. The normalized spacial score (nSPS) is 39.1. The fourth-order valence-corrected chi connectivity index (χ4v) is 2.97. The predicted octanol–water partition coefficient (Wildman–Crippen LogP) is -2.23. The average molecular weight is 222 g/mol. The Kier molecular flexibility index (Phi) is 3.83. The topological polar surface area (TPSA) is 80.3 Å². The number of hydrogen-bond donors (Lipinski definition) is 0. The summed E-state index contributed by atoms with van der Waals surface area (Å²) >= 11 is 0. The first-order valence-electron chi connectivity index (χ1n) is 4.53. The second kappa shape index (κ2) is 4.37. The van der Waals surface area contributed by atoms with E-state index in [9.17, 15) is 19.8 Å². The van der Waals surface area contributed by atoms with Crippen molar-refractivity contribution in [2.75, 3.05) is 0 Å². The molecule has 0 spiro atoms. The van der Waals surface area contributed by atoms with E-state index in [4.69, 9.17) is 0 Å². The van der Waals surface area contributed by atoms with Crippen LogP contribution in [0.15, 0.2) is 0 Å². The van der Waals surface area contributed by atoms with Crippen LogP contribution >= 0.6 is 0 Å². The molecule has 2 aliphatic rings. The van der Waals surface area contributed by atoms with Gasteiger partial charge in [-0.2, -0.15) is 0 Å². The molecule has 72 valence electrons. The number of carboxylic acids is 2. The Balaban J connectivity index is 0.000000980. The van der Waals surface area contributed by atoms with Crippen LogP contribution in [0.2, 0.25) is 0 Å². The number of carbonyl (C=O) groups excluding carboxylic acids is 2. The maximum Gasteiger partial charge on any atom is 2.00 e. The smallest absolute Gasteiger partial charge is 0.550 e. The minimum Gasteiger partial charge on any atom is -0.550 e. The molecule has 2 saturated carbocycles. The zero-order chi connectivity index (χ0) is 9.59. The van der Waals surface area contributed by atoms with Gasteiger partial charge in [-0.1, -0.05) is 0 Å². The quantitative estimate of drug-likeness (QED) is 0.495. The molecule has 4 atom stereocenters. The fraction of sp³-hybridized carbons (Fsp3) is 0.778. The summed E-state index contributed by atoms with van der Waals surface area (Å²) in [7, 11) is 0. The van der Waals surface area contributed by atoms with E-state index in [2.05, 4.69) is 0 Å². The Morgan fingerprint density at radius 2 is 1.29 bits per heavy atom. The molecule has 0 radical (unpaired) electrons. The van der Waals surface area contributed by atoms with Gasteiger partial charge in [0.2, 0.25) is 0 Å². The molecule has 0 amide bonds. The third-order valence-electron chi connectivity index (χ3n) is 3.46. The van der Waals surface area contributed by atoms with Crippen molar-refractivity contribution in [2.45, 2.75) is 19.3 Å². The van der Waals surface area contributed by atoms with Crippen molar-refractivity contribution < 1.29 is 19.8 Å². The molecular weight excluding hydrogens is 212 g/mol. The second-order valence-corrected chi connectivity index (χ2v) is 4.02. The number of carbonyl (C=O) groups is 2. The molecule has 0 aromatic heterocycles. The Morgan fingerprint density at radius 3 is 1.57 bits per heavy atom. The molecule has 0 aliphatic heterocycles. The molecule has 4 unspecified atom stereocenters. The van der Waals surface area contributed by atoms with Crippen molar-refractivity contribution >= 4 is 49.7 Å². The van der Waals surface area contributed by atoms with Crippen LogP contribution in [0, 0.1) is 23.7 Å². The van der Waals surface area contributed by atoms with Gasteiger partial charge >= 0.3 is 37.7 Å². The van der Waals surface area contributed by atoms with Crippen LogP contribution in [-0.4, -0.2) is 49.7 Å². The van der Waals surface area contributed by atoms with Gasteiger partial charge in [0.1, 0.15) is 0 Å². The third-order valence-corrected chi connectivity index (χ3v) is 3.46. The molecule has 2 aliphatic carbocycles.